The molecule has 3 N–H and O–H groups in total. The van der Waals surface area contributed by atoms with Gasteiger partial charge in [-0.3, -0.25) is 9.69 Å². The molecule has 0 saturated heterocycles. The number of benzene rings is 2. The average molecular weight is 415 g/mol. The molecule has 1 atom stereocenters. The van der Waals surface area contributed by atoms with Crippen LogP contribution in [0.4, 0.5) is 5.69 Å². The van der Waals surface area contributed by atoms with Crippen LogP contribution in [-0.2, 0) is 16.8 Å². The Morgan fingerprint density at radius 1 is 1.23 bits per heavy atom. The van der Waals surface area contributed by atoms with Crippen molar-refractivity contribution in [1.82, 2.24) is 4.98 Å². The summed E-state index contributed by atoms with van der Waals surface area (Å²) in [6, 6.07) is 12.6. The van der Waals surface area contributed by atoms with Crippen molar-refractivity contribution >= 4 is 28.1 Å². The fourth-order valence-electron chi connectivity index (χ4n) is 6.09. The van der Waals surface area contributed by atoms with E-state index in [0.717, 1.165) is 46.7 Å². The Kier molecular flexibility index (Phi) is 3.63. The molecule has 5 nitrogen and oxygen atoms in total. The summed E-state index contributed by atoms with van der Waals surface area (Å²) in [6.45, 7) is 9.86. The number of hydrogen-bond donors (Lipinski definition) is 2. The molecule has 1 amide bonds. The van der Waals surface area contributed by atoms with Gasteiger partial charge in [0.05, 0.1) is 35.6 Å². The Morgan fingerprint density at radius 2 is 2.03 bits per heavy atom. The first-order chi connectivity index (χ1) is 14.9. The molecule has 3 aromatic rings. The monoisotopic (exact) mass is 414 g/mol. The van der Waals surface area contributed by atoms with E-state index in [9.17, 15) is 4.79 Å². The number of rotatable bonds is 2. The maximum atomic E-state index is 14.4. The molecule has 5 heteroatoms. The first kappa shape index (κ1) is 18.7. The van der Waals surface area contributed by atoms with E-state index >= 15 is 0 Å². The summed E-state index contributed by atoms with van der Waals surface area (Å²) in [4.78, 5) is 20.1. The van der Waals surface area contributed by atoms with Crippen LogP contribution in [0, 0.1) is 0 Å². The summed E-state index contributed by atoms with van der Waals surface area (Å²) in [5, 5.41) is 3.46. The SMILES string of the molecule is CCOc1cc2c3c(c1)[C@@]1([NH2+]CCc4c1[nH]c1ccccc41)C(=O)N3C(C)(C)C=C2C. The summed E-state index contributed by atoms with van der Waals surface area (Å²) in [5.74, 6) is 0.966. The van der Waals surface area contributed by atoms with E-state index in [2.05, 4.69) is 67.5 Å². The molecule has 4 heterocycles. The molecule has 158 valence electrons. The van der Waals surface area contributed by atoms with Crippen LogP contribution >= 0.6 is 0 Å². The second kappa shape index (κ2) is 6.01. The molecule has 1 spiro atoms. The first-order valence-corrected chi connectivity index (χ1v) is 11.2. The number of aromatic nitrogens is 1. The van der Waals surface area contributed by atoms with Crippen LogP contribution in [0.3, 0.4) is 0 Å². The van der Waals surface area contributed by atoms with Crippen LogP contribution in [-0.4, -0.2) is 29.6 Å². The maximum Gasteiger partial charge on any atom is 0.300 e. The van der Waals surface area contributed by atoms with Crippen LogP contribution in [0.5, 0.6) is 5.75 Å². The van der Waals surface area contributed by atoms with Gasteiger partial charge >= 0.3 is 5.91 Å². The van der Waals surface area contributed by atoms with Crippen molar-refractivity contribution in [2.24, 2.45) is 0 Å². The number of H-pyrrole nitrogens is 1. The highest BCUT2D eigenvalue weighted by atomic mass is 16.5. The third-order valence-electron chi connectivity index (χ3n) is 7.21. The number of fused-ring (bicyclic) bond motifs is 5. The van der Waals surface area contributed by atoms with Gasteiger partial charge < -0.3 is 15.0 Å². The highest BCUT2D eigenvalue weighted by molar-refractivity contribution is 6.14. The Labute approximate surface area is 182 Å². The molecule has 0 bridgehead atoms. The fraction of sp³-hybridized carbons (Fsp3) is 0.346. The highest BCUT2D eigenvalue weighted by Crippen LogP contribution is 2.54. The van der Waals surface area contributed by atoms with Gasteiger partial charge in [-0.25, -0.2) is 0 Å². The topological polar surface area (TPSA) is 61.9 Å². The van der Waals surface area contributed by atoms with Crippen LogP contribution in [0.25, 0.3) is 16.5 Å². The minimum atomic E-state index is -0.806. The van der Waals surface area contributed by atoms with E-state index in [1.54, 1.807) is 0 Å². The largest absolute Gasteiger partial charge is 0.494 e. The van der Waals surface area contributed by atoms with Crippen molar-refractivity contribution in [3.8, 4) is 5.75 Å². The van der Waals surface area contributed by atoms with Crippen LogP contribution in [0.1, 0.15) is 50.1 Å². The number of allylic oxidation sites excluding steroid dienone is 1. The number of hydrogen-bond acceptors (Lipinski definition) is 2. The number of anilines is 1. The number of carbonyl (C=O) groups is 1. The quantitative estimate of drug-likeness (QED) is 0.675. The van der Waals surface area contributed by atoms with Gasteiger partial charge in [0.1, 0.15) is 5.75 Å². The number of para-hydroxylation sites is 1. The number of nitrogens with one attached hydrogen (secondary N) is 1. The van der Waals surface area contributed by atoms with Gasteiger partial charge in [-0.2, -0.15) is 0 Å². The van der Waals surface area contributed by atoms with Crippen molar-refractivity contribution in [2.75, 3.05) is 18.1 Å². The van der Waals surface area contributed by atoms with Gasteiger partial charge in [-0.05, 0) is 57.0 Å². The zero-order valence-corrected chi connectivity index (χ0v) is 18.5. The normalized spacial score (nSPS) is 23.2. The molecule has 0 fully saturated rings. The molecule has 0 radical (unpaired) electrons. The van der Waals surface area contributed by atoms with Gasteiger partial charge in [0.2, 0.25) is 5.54 Å². The van der Waals surface area contributed by atoms with Crippen molar-refractivity contribution in [3.05, 3.63) is 64.9 Å². The number of carbonyl (C=O) groups excluding carboxylic acids is 1. The summed E-state index contributed by atoms with van der Waals surface area (Å²) < 4.78 is 5.97. The lowest BCUT2D eigenvalue weighted by molar-refractivity contribution is -0.714. The summed E-state index contributed by atoms with van der Waals surface area (Å²) in [5.41, 5.74) is 6.58. The third-order valence-corrected chi connectivity index (χ3v) is 7.21. The predicted octanol–water partition coefficient (Wildman–Crippen LogP) is 3.47. The molecule has 0 saturated carbocycles. The molecule has 6 rings (SSSR count). The van der Waals surface area contributed by atoms with Crippen LogP contribution in [0.15, 0.2) is 42.5 Å². The summed E-state index contributed by atoms with van der Waals surface area (Å²) in [7, 11) is 0. The fourth-order valence-corrected chi connectivity index (χ4v) is 6.09. The lowest BCUT2D eigenvalue weighted by Gasteiger charge is -2.39. The number of aromatic amines is 1. The number of ether oxygens (including phenoxy) is 1. The molecular weight excluding hydrogens is 386 g/mol. The predicted molar refractivity (Wildman–Crippen MR) is 122 cm³/mol. The van der Waals surface area contributed by atoms with E-state index in [0.29, 0.717) is 6.61 Å². The van der Waals surface area contributed by atoms with E-state index in [4.69, 9.17) is 4.74 Å². The van der Waals surface area contributed by atoms with Crippen molar-refractivity contribution in [2.45, 2.75) is 45.2 Å². The molecule has 0 unspecified atom stereocenters. The zero-order chi connectivity index (χ0) is 21.5. The van der Waals surface area contributed by atoms with E-state index < -0.39 is 11.1 Å². The molecule has 1 aromatic heterocycles. The van der Waals surface area contributed by atoms with Crippen molar-refractivity contribution in [1.29, 1.82) is 0 Å². The number of nitrogens with zero attached hydrogens (tertiary/aromatic N) is 1. The lowest BCUT2D eigenvalue weighted by Crippen LogP contribution is -2.99. The maximum absolute atomic E-state index is 14.4. The van der Waals surface area contributed by atoms with Crippen molar-refractivity contribution in [3.63, 3.8) is 0 Å². The van der Waals surface area contributed by atoms with Crippen LogP contribution < -0.4 is 15.0 Å². The Bertz CT molecular complexity index is 1300. The van der Waals surface area contributed by atoms with E-state index in [-0.39, 0.29) is 5.91 Å². The third kappa shape index (κ3) is 2.22. The number of amides is 1. The molecular formula is C26H28N3O2+. The lowest BCUT2D eigenvalue weighted by atomic mass is 9.81. The Balaban J connectivity index is 1.72. The smallest absolute Gasteiger partial charge is 0.300 e. The Hall–Kier alpha value is -3.05. The zero-order valence-electron chi connectivity index (χ0n) is 18.5. The minimum absolute atomic E-state index is 0.138. The second-order valence-electron chi connectivity index (χ2n) is 9.50. The molecule has 3 aliphatic heterocycles. The summed E-state index contributed by atoms with van der Waals surface area (Å²) in [6.07, 6.45) is 3.16. The number of nitrogens with two attached hydrogens (primary N) is 1. The standard InChI is InChI=1S/C26H27N3O2/c1-5-31-16-12-19-15(2)14-25(3,4)29-22(19)20(13-16)26(24(29)30)23-18(10-11-27-26)17-8-6-7-9-21(17)28-23/h6-9,12-14,27-28H,5,10-11H2,1-4H3/p+1/t26-/m0/s1. The van der Waals surface area contributed by atoms with Crippen molar-refractivity contribution < 1.29 is 14.8 Å². The minimum Gasteiger partial charge on any atom is -0.494 e. The van der Waals surface area contributed by atoms with Crippen LogP contribution in [0.2, 0.25) is 0 Å². The van der Waals surface area contributed by atoms with E-state index in [1.807, 2.05) is 17.9 Å². The van der Waals surface area contributed by atoms with Gasteiger partial charge in [-0.15, -0.1) is 0 Å². The van der Waals surface area contributed by atoms with Gasteiger partial charge in [-0.1, -0.05) is 24.3 Å². The highest BCUT2D eigenvalue weighted by Gasteiger charge is 2.63. The molecule has 2 aromatic carbocycles. The second-order valence-corrected chi connectivity index (χ2v) is 9.50. The number of quaternary nitrogens is 1. The molecule has 0 aliphatic carbocycles. The average Bonchev–Trinajstić information content (AvgIpc) is 3.23. The van der Waals surface area contributed by atoms with Gasteiger partial charge in [0.15, 0.2) is 0 Å². The van der Waals surface area contributed by atoms with E-state index in [1.165, 1.54) is 16.5 Å². The molecule has 3 aliphatic rings. The summed E-state index contributed by atoms with van der Waals surface area (Å²) >= 11 is 0. The van der Waals surface area contributed by atoms with Gasteiger partial charge in [0, 0.05) is 22.9 Å². The first-order valence-electron chi connectivity index (χ1n) is 11.2. The Morgan fingerprint density at radius 3 is 2.84 bits per heavy atom. The molecule has 31 heavy (non-hydrogen) atoms. The van der Waals surface area contributed by atoms with Gasteiger partial charge in [0.25, 0.3) is 0 Å².